The van der Waals surface area contributed by atoms with Crippen molar-refractivity contribution in [2.24, 2.45) is 10.7 Å². The number of guanidine groups is 1. The molecule has 7 heteroatoms. The largest absolute Gasteiger partial charge is 0.444 e. The molecule has 0 aromatic heterocycles. The fraction of sp³-hybridized carbons (Fsp3) is 0.600. The molecule has 1 aromatic carbocycles. The van der Waals surface area contributed by atoms with E-state index < -0.39 is 5.60 Å². The van der Waals surface area contributed by atoms with Crippen LogP contribution in [0.2, 0.25) is 0 Å². The lowest BCUT2D eigenvalue weighted by Gasteiger charge is -2.35. The van der Waals surface area contributed by atoms with Crippen molar-refractivity contribution in [2.45, 2.75) is 39.7 Å². The highest BCUT2D eigenvalue weighted by molar-refractivity contribution is 5.92. The Kier molecular flexibility index (Phi) is 7.47. The van der Waals surface area contributed by atoms with E-state index in [4.69, 9.17) is 10.5 Å². The van der Waals surface area contributed by atoms with Gasteiger partial charge in [-0.1, -0.05) is 17.7 Å². The topological polar surface area (TPSA) is 83.2 Å². The van der Waals surface area contributed by atoms with Crippen molar-refractivity contribution in [3.8, 4) is 0 Å². The number of amides is 1. The van der Waals surface area contributed by atoms with Gasteiger partial charge in [-0.15, -0.1) is 0 Å². The highest BCUT2D eigenvalue weighted by Gasteiger charge is 2.25. The summed E-state index contributed by atoms with van der Waals surface area (Å²) in [6.45, 7) is 12.5. The minimum Gasteiger partial charge on any atom is -0.444 e. The number of piperazine rings is 1. The van der Waals surface area contributed by atoms with Gasteiger partial charge >= 0.3 is 6.09 Å². The maximum absolute atomic E-state index is 12.1. The normalized spacial score (nSPS) is 16.3. The van der Waals surface area contributed by atoms with Gasteiger partial charge in [-0.05, 0) is 46.2 Å². The number of carbonyl (C=O) groups is 1. The molecule has 1 saturated heterocycles. The van der Waals surface area contributed by atoms with Crippen LogP contribution in [0.25, 0.3) is 0 Å². The molecule has 1 aliphatic rings. The van der Waals surface area contributed by atoms with Gasteiger partial charge in [-0.3, -0.25) is 9.89 Å². The highest BCUT2D eigenvalue weighted by atomic mass is 16.6. The second kappa shape index (κ2) is 9.60. The lowest BCUT2D eigenvalue weighted by atomic mass is 10.2. The van der Waals surface area contributed by atoms with Crippen LogP contribution in [0.1, 0.15) is 32.8 Å². The third-order valence-electron chi connectivity index (χ3n) is 4.26. The maximum atomic E-state index is 12.1. The number of nitrogens with two attached hydrogens (primary N) is 1. The number of nitrogens with zero attached hydrogens (tertiary/aromatic N) is 3. The molecule has 150 valence electrons. The Hall–Kier alpha value is -2.28. The molecule has 1 aliphatic heterocycles. The smallest absolute Gasteiger partial charge is 0.410 e. The number of nitrogens with one attached hydrogen (secondary N) is 1. The molecule has 1 fully saturated rings. The number of ether oxygens (including phenoxy) is 1. The molecule has 0 unspecified atom stereocenters. The predicted octanol–water partition coefficient (Wildman–Crippen LogP) is 2.66. The summed E-state index contributed by atoms with van der Waals surface area (Å²) in [5, 5.41) is 3.10. The van der Waals surface area contributed by atoms with E-state index in [0.29, 0.717) is 25.6 Å². The standard InChI is InChI=1S/C20H33N5O2/c1-16-6-8-17(9-7-16)23-18(21)22-10-5-11-24-12-14-25(15-13-24)19(26)27-20(2,3)4/h6-9H,5,10-15H2,1-4H3,(H3,21,22,23). The fourth-order valence-electron chi connectivity index (χ4n) is 2.80. The molecule has 0 radical (unpaired) electrons. The Morgan fingerprint density at radius 2 is 1.81 bits per heavy atom. The average Bonchev–Trinajstić information content (AvgIpc) is 2.60. The van der Waals surface area contributed by atoms with E-state index in [9.17, 15) is 4.79 Å². The molecule has 0 spiro atoms. The number of aliphatic imine (C=N–C) groups is 1. The summed E-state index contributed by atoms with van der Waals surface area (Å²) in [5.41, 5.74) is 7.64. The van der Waals surface area contributed by atoms with Crippen molar-refractivity contribution in [1.82, 2.24) is 9.80 Å². The number of benzene rings is 1. The van der Waals surface area contributed by atoms with Gasteiger partial charge in [-0.2, -0.15) is 0 Å². The van der Waals surface area contributed by atoms with Crippen LogP contribution in [0, 0.1) is 6.92 Å². The Morgan fingerprint density at radius 1 is 1.19 bits per heavy atom. The molecule has 0 bridgehead atoms. The summed E-state index contributed by atoms with van der Waals surface area (Å²) in [4.78, 5) is 20.6. The van der Waals surface area contributed by atoms with Crippen LogP contribution in [0.4, 0.5) is 10.5 Å². The molecule has 1 amide bonds. The summed E-state index contributed by atoms with van der Waals surface area (Å²) in [6.07, 6.45) is 0.713. The van der Waals surface area contributed by atoms with E-state index in [2.05, 4.69) is 22.1 Å². The second-order valence-corrected chi connectivity index (χ2v) is 7.92. The van der Waals surface area contributed by atoms with Gasteiger partial charge in [0.25, 0.3) is 0 Å². The zero-order valence-corrected chi connectivity index (χ0v) is 17.0. The van der Waals surface area contributed by atoms with Gasteiger partial charge in [0.2, 0.25) is 0 Å². The van der Waals surface area contributed by atoms with Crippen molar-refractivity contribution in [1.29, 1.82) is 0 Å². The van der Waals surface area contributed by atoms with E-state index in [1.807, 2.05) is 45.0 Å². The molecule has 2 rings (SSSR count). The molecule has 3 N–H and O–H groups in total. The summed E-state index contributed by atoms with van der Waals surface area (Å²) in [6, 6.07) is 8.04. The Labute approximate surface area is 162 Å². The van der Waals surface area contributed by atoms with E-state index in [1.54, 1.807) is 4.90 Å². The Bertz CT molecular complexity index is 629. The average molecular weight is 376 g/mol. The van der Waals surface area contributed by atoms with Crippen LogP contribution in [-0.2, 0) is 4.74 Å². The highest BCUT2D eigenvalue weighted by Crippen LogP contribution is 2.12. The lowest BCUT2D eigenvalue weighted by Crippen LogP contribution is -2.50. The van der Waals surface area contributed by atoms with Gasteiger partial charge in [0.05, 0.1) is 0 Å². The van der Waals surface area contributed by atoms with Crippen LogP contribution in [0.15, 0.2) is 29.3 Å². The number of hydrogen-bond donors (Lipinski definition) is 2. The summed E-state index contributed by atoms with van der Waals surface area (Å²) in [7, 11) is 0. The molecule has 1 aromatic rings. The number of hydrogen-bond acceptors (Lipinski definition) is 4. The van der Waals surface area contributed by atoms with Crippen LogP contribution in [0.3, 0.4) is 0 Å². The van der Waals surface area contributed by atoms with Crippen LogP contribution in [-0.4, -0.2) is 66.7 Å². The summed E-state index contributed by atoms with van der Waals surface area (Å²) >= 11 is 0. The van der Waals surface area contributed by atoms with Crippen molar-refractivity contribution in [2.75, 3.05) is 44.6 Å². The number of carbonyl (C=O) groups excluding carboxylic acids is 1. The van der Waals surface area contributed by atoms with E-state index in [-0.39, 0.29) is 6.09 Å². The third kappa shape index (κ3) is 7.86. The van der Waals surface area contributed by atoms with E-state index in [1.165, 1.54) is 5.56 Å². The van der Waals surface area contributed by atoms with Crippen LogP contribution < -0.4 is 11.1 Å². The number of rotatable bonds is 5. The van der Waals surface area contributed by atoms with Gasteiger partial charge < -0.3 is 20.7 Å². The van der Waals surface area contributed by atoms with Gasteiger partial charge in [0.15, 0.2) is 5.96 Å². The Balaban J connectivity index is 1.64. The molecule has 27 heavy (non-hydrogen) atoms. The fourth-order valence-corrected chi connectivity index (χ4v) is 2.80. The van der Waals surface area contributed by atoms with E-state index in [0.717, 1.165) is 31.7 Å². The first-order chi connectivity index (χ1) is 12.7. The number of anilines is 1. The van der Waals surface area contributed by atoms with Crippen molar-refractivity contribution in [3.63, 3.8) is 0 Å². The quantitative estimate of drug-likeness (QED) is 0.470. The van der Waals surface area contributed by atoms with Gasteiger partial charge in [0.1, 0.15) is 5.60 Å². The monoisotopic (exact) mass is 375 g/mol. The van der Waals surface area contributed by atoms with Gasteiger partial charge in [0, 0.05) is 45.0 Å². The van der Waals surface area contributed by atoms with E-state index >= 15 is 0 Å². The van der Waals surface area contributed by atoms with Crippen LogP contribution in [0.5, 0.6) is 0 Å². The lowest BCUT2D eigenvalue weighted by molar-refractivity contribution is 0.0145. The SMILES string of the molecule is Cc1ccc(NC(N)=NCCCN2CCN(C(=O)OC(C)(C)C)CC2)cc1. The van der Waals surface area contributed by atoms with Gasteiger partial charge in [-0.25, -0.2) is 4.79 Å². The first-order valence-electron chi connectivity index (χ1n) is 9.57. The maximum Gasteiger partial charge on any atom is 0.410 e. The molecule has 0 aliphatic carbocycles. The minimum absolute atomic E-state index is 0.221. The zero-order valence-electron chi connectivity index (χ0n) is 17.0. The molecular weight excluding hydrogens is 342 g/mol. The number of aryl methyl sites for hydroxylation is 1. The summed E-state index contributed by atoms with van der Waals surface area (Å²) < 4.78 is 5.42. The molecule has 0 saturated carbocycles. The van der Waals surface area contributed by atoms with Crippen molar-refractivity contribution in [3.05, 3.63) is 29.8 Å². The first-order valence-corrected chi connectivity index (χ1v) is 9.57. The minimum atomic E-state index is -0.446. The summed E-state index contributed by atoms with van der Waals surface area (Å²) in [5.74, 6) is 0.439. The molecule has 7 nitrogen and oxygen atoms in total. The first kappa shape index (κ1) is 21.0. The molecule has 1 heterocycles. The molecular formula is C20H33N5O2. The third-order valence-corrected chi connectivity index (χ3v) is 4.26. The Morgan fingerprint density at radius 3 is 2.41 bits per heavy atom. The van der Waals surface area contributed by atoms with Crippen LogP contribution >= 0.6 is 0 Å². The van der Waals surface area contributed by atoms with Crippen molar-refractivity contribution < 1.29 is 9.53 Å². The van der Waals surface area contributed by atoms with Crippen molar-refractivity contribution >= 4 is 17.7 Å². The molecule has 0 atom stereocenters. The zero-order chi connectivity index (χ0) is 19.9. The predicted molar refractivity (Wildman–Crippen MR) is 110 cm³/mol. The second-order valence-electron chi connectivity index (χ2n) is 7.92.